The summed E-state index contributed by atoms with van der Waals surface area (Å²) < 4.78 is 21.5. The Hall–Kier alpha value is -0.926. The van der Waals surface area contributed by atoms with Crippen molar-refractivity contribution in [2.24, 2.45) is 0 Å². The minimum absolute atomic E-state index is 1.08. The van der Waals surface area contributed by atoms with Gasteiger partial charge in [0, 0.05) is 12.4 Å². The first-order valence-electron chi connectivity index (χ1n) is 3.95. The second kappa shape index (κ2) is 6.52. The van der Waals surface area contributed by atoms with Crippen LogP contribution in [0.1, 0.15) is 0 Å². The molecule has 0 aliphatic rings. The van der Waals surface area contributed by atoms with Crippen molar-refractivity contribution in [3.63, 3.8) is 0 Å². The summed E-state index contributed by atoms with van der Waals surface area (Å²) in [4.78, 5) is 0. The predicted octanol–water partition coefficient (Wildman–Crippen LogP) is 3.12. The normalized spacial score (nSPS) is 8.71. The number of rotatable bonds is 1. The van der Waals surface area contributed by atoms with E-state index in [-0.39, 0.29) is 0 Å². The van der Waals surface area contributed by atoms with Gasteiger partial charge in [0.05, 0.1) is 0 Å². The van der Waals surface area contributed by atoms with Crippen LogP contribution in [0.5, 0.6) is 0 Å². The molecular formula is C10H8F2NTi-. The minimum Gasteiger partial charge on any atom is -0.348 e. The summed E-state index contributed by atoms with van der Waals surface area (Å²) in [6.45, 7) is 0. The van der Waals surface area contributed by atoms with Crippen LogP contribution in [0.15, 0.2) is 48.8 Å². The summed E-state index contributed by atoms with van der Waals surface area (Å²) in [6, 6.07) is 15.0. The maximum absolute atomic E-state index is 9.75. The molecule has 14 heavy (non-hydrogen) atoms. The number of halogens is 2. The first kappa shape index (κ1) is 11.2. The van der Waals surface area contributed by atoms with Gasteiger partial charge >= 0.3 is 26.4 Å². The van der Waals surface area contributed by atoms with Crippen molar-refractivity contribution in [3.05, 3.63) is 54.9 Å². The summed E-state index contributed by atoms with van der Waals surface area (Å²) in [5, 5.41) is 0. The molecule has 1 nitrogen and oxygen atoms in total. The van der Waals surface area contributed by atoms with Crippen LogP contribution in [0.4, 0.5) is 6.18 Å². The van der Waals surface area contributed by atoms with Gasteiger partial charge < -0.3 is 4.57 Å². The summed E-state index contributed by atoms with van der Waals surface area (Å²) in [5.74, 6) is 0. The Morgan fingerprint density at radius 3 is 2.21 bits per heavy atom. The van der Waals surface area contributed by atoms with Crippen molar-refractivity contribution in [1.29, 1.82) is 0 Å². The molecule has 0 aliphatic heterocycles. The number of nitrogens with zero attached hydrogens (tertiary/aromatic N) is 1. The second-order valence-corrected chi connectivity index (χ2v) is 2.63. The molecule has 2 rings (SSSR count). The molecule has 0 unspecified atom stereocenters. The van der Waals surface area contributed by atoms with Crippen molar-refractivity contribution in [2.75, 3.05) is 0 Å². The van der Waals surface area contributed by atoms with Crippen LogP contribution in [0.3, 0.4) is 0 Å². The fourth-order valence-corrected chi connectivity index (χ4v) is 1.04. The van der Waals surface area contributed by atoms with Crippen molar-refractivity contribution in [3.8, 4) is 5.69 Å². The third-order valence-electron chi connectivity index (χ3n) is 1.58. The Balaban J connectivity index is 0.000000293. The van der Waals surface area contributed by atoms with E-state index in [2.05, 4.69) is 6.07 Å². The number of hydrogen-bond donors (Lipinski definition) is 0. The van der Waals surface area contributed by atoms with E-state index in [0.29, 0.717) is 0 Å². The van der Waals surface area contributed by atoms with E-state index >= 15 is 0 Å². The van der Waals surface area contributed by atoms with Crippen LogP contribution in [0, 0.1) is 6.07 Å². The number of para-hydroxylation sites is 1. The quantitative estimate of drug-likeness (QED) is 0.522. The van der Waals surface area contributed by atoms with Crippen LogP contribution in [0.2, 0.25) is 0 Å². The molecule has 0 spiro atoms. The largest absolute Gasteiger partial charge is 0.348 e. The minimum atomic E-state index is -2.50. The summed E-state index contributed by atoms with van der Waals surface area (Å²) in [6.07, 6.45) is 4.01. The zero-order valence-corrected chi connectivity index (χ0v) is 8.88. The Morgan fingerprint density at radius 1 is 1.07 bits per heavy atom. The third kappa shape index (κ3) is 3.44. The van der Waals surface area contributed by atoms with Gasteiger partial charge in [0.25, 0.3) is 0 Å². The smallest absolute Gasteiger partial charge is 0.00649 e. The van der Waals surface area contributed by atoms with E-state index in [1.807, 2.05) is 53.4 Å². The van der Waals surface area contributed by atoms with E-state index in [1.54, 1.807) is 0 Å². The number of benzene rings is 1. The fourth-order valence-electron chi connectivity index (χ4n) is 1.04. The zero-order valence-electron chi connectivity index (χ0n) is 7.32. The summed E-state index contributed by atoms with van der Waals surface area (Å²) >= 11 is -2.50. The Kier molecular flexibility index (Phi) is 5.19. The van der Waals surface area contributed by atoms with E-state index in [1.165, 1.54) is 0 Å². The average Bonchev–Trinajstić information content (AvgIpc) is 2.73. The van der Waals surface area contributed by atoms with Crippen LogP contribution in [-0.2, 0) is 20.2 Å². The second-order valence-electron chi connectivity index (χ2n) is 2.41. The van der Waals surface area contributed by atoms with Crippen LogP contribution in [0.25, 0.3) is 5.69 Å². The molecule has 0 atom stereocenters. The van der Waals surface area contributed by atoms with Gasteiger partial charge in [0.2, 0.25) is 0 Å². The molecule has 72 valence electrons. The number of aromatic nitrogens is 1. The van der Waals surface area contributed by atoms with Crippen LogP contribution >= 0.6 is 0 Å². The van der Waals surface area contributed by atoms with E-state index in [0.717, 1.165) is 5.69 Å². The molecule has 0 saturated heterocycles. The Labute approximate surface area is 91.7 Å². The third-order valence-corrected chi connectivity index (χ3v) is 1.58. The molecule has 1 aromatic heterocycles. The molecule has 0 aliphatic carbocycles. The molecule has 0 radical (unpaired) electrons. The molecule has 2 aromatic rings. The first-order chi connectivity index (χ1) is 6.88. The molecule has 0 bridgehead atoms. The van der Waals surface area contributed by atoms with E-state index in [4.69, 9.17) is 0 Å². The van der Waals surface area contributed by atoms with Gasteiger partial charge in [-0.3, -0.25) is 0 Å². The Morgan fingerprint density at radius 2 is 1.71 bits per heavy atom. The summed E-state index contributed by atoms with van der Waals surface area (Å²) in [5.41, 5.74) is 1.08. The van der Waals surface area contributed by atoms with E-state index < -0.39 is 20.2 Å². The van der Waals surface area contributed by atoms with Crippen LogP contribution < -0.4 is 0 Å². The van der Waals surface area contributed by atoms with Crippen LogP contribution in [-0.4, -0.2) is 4.57 Å². The molecular weight excluding hydrogens is 220 g/mol. The molecule has 0 amide bonds. The molecule has 0 fully saturated rings. The molecule has 0 N–H and O–H groups in total. The van der Waals surface area contributed by atoms with Crippen molar-refractivity contribution >= 4 is 0 Å². The predicted molar refractivity (Wildman–Crippen MR) is 46.8 cm³/mol. The van der Waals surface area contributed by atoms with Gasteiger partial charge in [0.1, 0.15) is 0 Å². The molecule has 0 saturated carbocycles. The Bertz CT molecular complexity index is 334. The van der Waals surface area contributed by atoms with Gasteiger partial charge in [-0.1, -0.05) is 5.69 Å². The fraction of sp³-hybridized carbons (Fsp3) is 0. The maximum Gasteiger partial charge on any atom is 0.00649 e. The van der Waals surface area contributed by atoms with Crippen molar-refractivity contribution in [1.82, 2.24) is 4.57 Å². The van der Waals surface area contributed by atoms with Gasteiger partial charge in [-0.25, -0.2) is 0 Å². The molecule has 1 aromatic carbocycles. The standard InChI is InChI=1S/C10H8N.2FH.Ti/c1-2-6-10(7-3-1)11-8-4-5-9-11;;;/h1-6,8-9H;2*1H;/q-1;;;+2/p-2. The van der Waals surface area contributed by atoms with Crippen molar-refractivity contribution < 1.29 is 26.4 Å². The summed E-state index contributed by atoms with van der Waals surface area (Å²) in [7, 11) is 0. The number of hydrogen-bond acceptors (Lipinski definition) is 0. The maximum atomic E-state index is 9.75. The average molecular weight is 228 g/mol. The van der Waals surface area contributed by atoms with Gasteiger partial charge in [-0.05, 0) is 12.1 Å². The zero-order chi connectivity index (χ0) is 10.2. The molecule has 1 heterocycles. The van der Waals surface area contributed by atoms with Crippen molar-refractivity contribution in [2.45, 2.75) is 0 Å². The monoisotopic (exact) mass is 228 g/mol. The first-order valence-corrected chi connectivity index (χ1v) is 5.13. The topological polar surface area (TPSA) is 4.93 Å². The molecule has 4 heteroatoms. The van der Waals surface area contributed by atoms with E-state index in [9.17, 15) is 6.18 Å². The van der Waals surface area contributed by atoms with Gasteiger partial charge in [0.15, 0.2) is 0 Å². The van der Waals surface area contributed by atoms with Gasteiger partial charge in [-0.15, -0.1) is 6.07 Å². The SMILES string of the molecule is [F][Ti][F].[c-]1ccccc1-n1cccc1. The van der Waals surface area contributed by atoms with Gasteiger partial charge in [-0.2, -0.15) is 24.3 Å².